The van der Waals surface area contributed by atoms with Gasteiger partial charge in [0.15, 0.2) is 0 Å². The van der Waals surface area contributed by atoms with Crippen molar-refractivity contribution in [2.24, 2.45) is 0 Å². The Morgan fingerprint density at radius 2 is 1.83 bits per heavy atom. The molecule has 0 N–H and O–H groups in total. The molecule has 0 amide bonds. The zero-order valence-corrected chi connectivity index (χ0v) is 11.8. The first-order valence-corrected chi connectivity index (χ1v) is 6.45. The van der Waals surface area contributed by atoms with Crippen molar-refractivity contribution in [3.05, 3.63) is 28.0 Å². The predicted molar refractivity (Wildman–Crippen MR) is 71.2 cm³/mol. The lowest BCUT2D eigenvalue weighted by molar-refractivity contribution is 0.0478. The molecule has 0 fully saturated rings. The predicted octanol–water partition coefficient (Wildman–Crippen LogP) is 2.96. The zero-order chi connectivity index (χ0) is 13.2. The molecule has 0 bridgehead atoms. The maximum Gasteiger partial charge on any atom is 0.129 e. The summed E-state index contributed by atoms with van der Waals surface area (Å²) in [5, 5.41) is 0.983. The average molecular weight is 294 g/mol. The molecule has 1 heterocycles. The molecule has 1 aromatic heterocycles. The van der Waals surface area contributed by atoms with Gasteiger partial charge >= 0.3 is 0 Å². The lowest BCUT2D eigenvalue weighted by Gasteiger charge is -2.06. The van der Waals surface area contributed by atoms with Crippen LogP contribution in [0.4, 0.5) is 0 Å². The van der Waals surface area contributed by atoms with E-state index >= 15 is 0 Å². The van der Waals surface area contributed by atoms with Crippen LogP contribution in [0.5, 0.6) is 0 Å². The Bertz CT molecular complexity index is 350. The van der Waals surface area contributed by atoms with Crippen molar-refractivity contribution in [1.29, 1.82) is 0 Å². The number of aromatic nitrogens is 1. The molecule has 18 heavy (non-hydrogen) atoms. The minimum atomic E-state index is 0.359. The van der Waals surface area contributed by atoms with E-state index in [0.717, 1.165) is 6.42 Å². The van der Waals surface area contributed by atoms with Crippen LogP contribution in [0.25, 0.3) is 0 Å². The second-order valence-corrected chi connectivity index (χ2v) is 4.37. The number of rotatable bonds is 9. The summed E-state index contributed by atoms with van der Waals surface area (Å²) in [4.78, 5) is 4.09. The summed E-state index contributed by atoms with van der Waals surface area (Å²) in [5.41, 5.74) is 0.657. The van der Waals surface area contributed by atoms with Crippen LogP contribution < -0.4 is 0 Å². The van der Waals surface area contributed by atoms with E-state index in [-0.39, 0.29) is 0 Å². The second kappa shape index (κ2) is 9.53. The minimum Gasteiger partial charge on any atom is -0.382 e. The molecule has 0 aromatic carbocycles. The van der Waals surface area contributed by atoms with Gasteiger partial charge in [-0.1, -0.05) is 23.2 Å². The summed E-state index contributed by atoms with van der Waals surface area (Å²) in [6.45, 7) is 2.83. The van der Waals surface area contributed by atoms with Crippen LogP contribution in [-0.4, -0.2) is 38.5 Å². The smallest absolute Gasteiger partial charge is 0.129 e. The summed E-state index contributed by atoms with van der Waals surface area (Å²) in [5.74, 6) is 0. The molecular formula is C12H17Cl2NO3. The molecule has 0 unspecified atom stereocenters. The molecule has 0 aliphatic rings. The highest BCUT2D eigenvalue weighted by atomic mass is 35.5. The van der Waals surface area contributed by atoms with Crippen LogP contribution in [0.3, 0.4) is 0 Å². The Hall–Kier alpha value is -0.390. The Labute approximate surface area is 117 Å². The number of hydrogen-bond acceptors (Lipinski definition) is 4. The van der Waals surface area contributed by atoms with Gasteiger partial charge in [-0.15, -0.1) is 0 Å². The van der Waals surface area contributed by atoms with Gasteiger partial charge in [-0.25, -0.2) is 4.98 Å². The van der Waals surface area contributed by atoms with E-state index < -0.39 is 0 Å². The van der Waals surface area contributed by atoms with E-state index in [2.05, 4.69) is 4.98 Å². The van der Waals surface area contributed by atoms with Crippen LogP contribution in [0.15, 0.2) is 12.1 Å². The van der Waals surface area contributed by atoms with Gasteiger partial charge < -0.3 is 14.2 Å². The first kappa shape index (κ1) is 15.7. The van der Waals surface area contributed by atoms with Gasteiger partial charge in [-0.2, -0.15) is 0 Å². The van der Waals surface area contributed by atoms with Gasteiger partial charge in [-0.3, -0.25) is 0 Å². The Kier molecular flexibility index (Phi) is 8.29. The first-order valence-electron chi connectivity index (χ1n) is 5.69. The molecule has 0 aliphatic heterocycles. The third-order valence-corrected chi connectivity index (χ3v) is 2.69. The van der Waals surface area contributed by atoms with Crippen molar-refractivity contribution in [3.8, 4) is 0 Å². The highest BCUT2D eigenvalue weighted by molar-refractivity contribution is 6.32. The van der Waals surface area contributed by atoms with Gasteiger partial charge in [0.2, 0.25) is 0 Å². The summed E-state index contributed by atoms with van der Waals surface area (Å²) in [6.07, 6.45) is 0.821. The van der Waals surface area contributed by atoms with Crippen LogP contribution in [0.1, 0.15) is 12.1 Å². The first-order chi connectivity index (χ1) is 8.74. The number of ether oxygens (including phenoxy) is 3. The normalized spacial score (nSPS) is 10.8. The zero-order valence-electron chi connectivity index (χ0n) is 10.3. The van der Waals surface area contributed by atoms with Gasteiger partial charge in [0.05, 0.1) is 30.5 Å². The quantitative estimate of drug-likeness (QED) is 0.518. The van der Waals surface area contributed by atoms with E-state index in [1.807, 2.05) is 0 Å². The molecule has 1 rings (SSSR count). The number of halogens is 2. The highest BCUT2D eigenvalue weighted by Gasteiger charge is 2.03. The van der Waals surface area contributed by atoms with Crippen molar-refractivity contribution < 1.29 is 14.2 Å². The second-order valence-electron chi connectivity index (χ2n) is 3.57. The fourth-order valence-electron chi connectivity index (χ4n) is 1.24. The molecule has 1 aromatic rings. The number of methoxy groups -OCH3 is 1. The van der Waals surface area contributed by atoms with Gasteiger partial charge in [0.1, 0.15) is 5.15 Å². The number of hydrogen-bond donors (Lipinski definition) is 0. The average Bonchev–Trinajstić information content (AvgIpc) is 2.36. The number of pyridine rings is 1. The Balaban J connectivity index is 2.09. The molecule has 0 radical (unpaired) electrons. The lowest BCUT2D eigenvalue weighted by atomic mass is 10.3. The molecular weight excluding hydrogens is 277 g/mol. The largest absolute Gasteiger partial charge is 0.382 e. The third-order valence-electron chi connectivity index (χ3n) is 2.13. The van der Waals surface area contributed by atoms with Gasteiger partial charge in [0.25, 0.3) is 0 Å². The monoisotopic (exact) mass is 293 g/mol. The topological polar surface area (TPSA) is 40.6 Å². The third kappa shape index (κ3) is 6.52. The van der Waals surface area contributed by atoms with Crippen molar-refractivity contribution in [2.45, 2.75) is 13.0 Å². The highest BCUT2D eigenvalue weighted by Crippen LogP contribution is 2.17. The van der Waals surface area contributed by atoms with E-state index in [9.17, 15) is 0 Å². The molecule has 0 aliphatic carbocycles. The fraction of sp³-hybridized carbons (Fsp3) is 0.583. The maximum absolute atomic E-state index is 5.95. The standard InChI is InChI=1S/C12H17Cl2NO3/c1-16-7-8-17-5-2-6-18-9-11-10(13)3-4-12(14)15-11/h3-4H,2,5-9H2,1H3. The van der Waals surface area contributed by atoms with Gasteiger partial charge in [-0.05, 0) is 18.6 Å². The van der Waals surface area contributed by atoms with Crippen LogP contribution >= 0.6 is 23.2 Å². The molecule has 0 saturated heterocycles. The van der Waals surface area contributed by atoms with Crippen LogP contribution in [-0.2, 0) is 20.8 Å². The van der Waals surface area contributed by atoms with Crippen molar-refractivity contribution in [3.63, 3.8) is 0 Å². The van der Waals surface area contributed by atoms with Crippen molar-refractivity contribution >= 4 is 23.2 Å². The minimum absolute atomic E-state index is 0.359. The lowest BCUT2D eigenvalue weighted by Crippen LogP contribution is -2.06. The molecule has 0 saturated carbocycles. The van der Waals surface area contributed by atoms with Crippen LogP contribution in [0.2, 0.25) is 10.2 Å². The molecule has 0 atom stereocenters. The number of nitrogens with zero attached hydrogens (tertiary/aromatic N) is 1. The SMILES string of the molecule is COCCOCCCOCc1nc(Cl)ccc1Cl. The van der Waals surface area contributed by atoms with Crippen LogP contribution in [0, 0.1) is 0 Å². The Morgan fingerprint density at radius 3 is 2.61 bits per heavy atom. The van der Waals surface area contributed by atoms with E-state index in [0.29, 0.717) is 48.9 Å². The summed E-state index contributed by atoms with van der Waals surface area (Å²) in [6, 6.07) is 3.36. The fourth-order valence-corrected chi connectivity index (χ4v) is 1.56. The van der Waals surface area contributed by atoms with Gasteiger partial charge in [0, 0.05) is 20.3 Å². The molecule has 4 nitrogen and oxygen atoms in total. The molecule has 6 heteroatoms. The van der Waals surface area contributed by atoms with E-state index in [4.69, 9.17) is 37.4 Å². The summed E-state index contributed by atoms with van der Waals surface area (Å²) < 4.78 is 15.6. The van der Waals surface area contributed by atoms with E-state index in [1.165, 1.54) is 0 Å². The van der Waals surface area contributed by atoms with Crippen molar-refractivity contribution in [1.82, 2.24) is 4.98 Å². The van der Waals surface area contributed by atoms with Crippen molar-refractivity contribution in [2.75, 3.05) is 33.5 Å². The summed E-state index contributed by atoms with van der Waals surface area (Å²) >= 11 is 11.7. The van der Waals surface area contributed by atoms with E-state index in [1.54, 1.807) is 19.2 Å². The summed E-state index contributed by atoms with van der Waals surface area (Å²) in [7, 11) is 1.65. The molecule has 102 valence electrons. The molecule has 0 spiro atoms. The maximum atomic E-state index is 5.95. The Morgan fingerprint density at radius 1 is 1.06 bits per heavy atom.